The summed E-state index contributed by atoms with van der Waals surface area (Å²) in [6.07, 6.45) is -0.855. The number of hydrogen-bond donors (Lipinski definition) is 1. The topological polar surface area (TPSA) is 95.9 Å². The van der Waals surface area contributed by atoms with Crippen molar-refractivity contribution in [3.8, 4) is 5.75 Å². The van der Waals surface area contributed by atoms with Gasteiger partial charge in [0.2, 0.25) is 0 Å². The molecule has 0 amide bonds. The van der Waals surface area contributed by atoms with E-state index in [0.29, 0.717) is 5.75 Å². The summed E-state index contributed by atoms with van der Waals surface area (Å²) in [5, 5.41) is 8.80. The molecule has 0 heterocycles. The van der Waals surface area contributed by atoms with Gasteiger partial charge in [-0.05, 0) is 31.2 Å². The van der Waals surface area contributed by atoms with E-state index in [1.165, 1.54) is 31.2 Å². The van der Waals surface area contributed by atoms with Crippen LogP contribution in [0.5, 0.6) is 5.75 Å². The van der Waals surface area contributed by atoms with Crippen molar-refractivity contribution in [2.75, 3.05) is 13.2 Å². The number of hydrogen-bond acceptors (Lipinski definition) is 6. The van der Waals surface area contributed by atoms with Gasteiger partial charge in [0.1, 0.15) is 22.5 Å². The van der Waals surface area contributed by atoms with Crippen molar-refractivity contribution in [2.45, 2.75) is 18.1 Å². The van der Waals surface area contributed by atoms with Crippen molar-refractivity contribution in [1.29, 1.82) is 0 Å². The summed E-state index contributed by atoms with van der Waals surface area (Å²) >= 11 is 0. The Morgan fingerprint density at radius 2 is 1.83 bits per heavy atom. The molecule has 0 saturated carbocycles. The van der Waals surface area contributed by atoms with Gasteiger partial charge in [-0.2, -0.15) is 0 Å². The molecular formula is C10H13NaO6S. The van der Waals surface area contributed by atoms with Gasteiger partial charge < -0.3 is 19.1 Å². The van der Waals surface area contributed by atoms with Crippen molar-refractivity contribution < 1.29 is 57.1 Å². The third-order valence-electron chi connectivity index (χ3n) is 1.82. The molecule has 0 fully saturated rings. The van der Waals surface area contributed by atoms with Crippen LogP contribution in [0.2, 0.25) is 0 Å². The first-order valence-electron chi connectivity index (χ1n) is 4.88. The molecule has 0 spiro atoms. The zero-order valence-electron chi connectivity index (χ0n) is 10.2. The Bertz CT molecular complexity index is 442. The third kappa shape index (κ3) is 6.69. The quantitative estimate of drug-likeness (QED) is 0.265. The molecule has 8 heteroatoms. The standard InChI is InChI=1S/C10H14O6S.Na/c1-8(11)15-6-7-16-9-2-4-10(5-3-9)17(12,13)14;/h2-5,8,11H,6-7H2,1H3,(H,12,13,14);/q;+1/p-1. The molecule has 0 aliphatic heterocycles. The number of rotatable bonds is 6. The van der Waals surface area contributed by atoms with Crippen molar-refractivity contribution in [3.63, 3.8) is 0 Å². The van der Waals surface area contributed by atoms with E-state index < -0.39 is 16.4 Å². The van der Waals surface area contributed by atoms with Crippen LogP contribution in [-0.2, 0) is 14.9 Å². The van der Waals surface area contributed by atoms with Crippen LogP contribution in [0.1, 0.15) is 6.92 Å². The molecule has 6 nitrogen and oxygen atoms in total. The number of ether oxygens (including phenoxy) is 2. The largest absolute Gasteiger partial charge is 1.00 e. The van der Waals surface area contributed by atoms with Gasteiger partial charge in [-0.25, -0.2) is 8.42 Å². The van der Waals surface area contributed by atoms with Crippen molar-refractivity contribution in [3.05, 3.63) is 24.3 Å². The first-order chi connectivity index (χ1) is 7.89. The van der Waals surface area contributed by atoms with Gasteiger partial charge in [0, 0.05) is 0 Å². The van der Waals surface area contributed by atoms with E-state index in [1.807, 2.05) is 0 Å². The molecular weight excluding hydrogens is 271 g/mol. The smallest absolute Gasteiger partial charge is 0.744 e. The SMILES string of the molecule is CC(O)OCCOc1ccc(S(=O)(=O)[O-])cc1.[Na+]. The molecule has 0 bridgehead atoms. The minimum absolute atomic E-state index is 0. The van der Waals surface area contributed by atoms with Gasteiger partial charge in [0.25, 0.3) is 0 Å². The third-order valence-corrected chi connectivity index (χ3v) is 2.67. The Morgan fingerprint density at radius 1 is 1.28 bits per heavy atom. The average molecular weight is 284 g/mol. The normalized spacial score (nSPS) is 12.6. The second-order valence-electron chi connectivity index (χ2n) is 3.24. The average Bonchev–Trinajstić information content (AvgIpc) is 2.23. The van der Waals surface area contributed by atoms with E-state index in [0.717, 1.165) is 0 Å². The molecule has 1 atom stereocenters. The Balaban J connectivity index is 0.00000289. The van der Waals surface area contributed by atoms with Crippen LogP contribution in [0.25, 0.3) is 0 Å². The summed E-state index contributed by atoms with van der Waals surface area (Å²) < 4.78 is 41.9. The van der Waals surface area contributed by atoms with Gasteiger partial charge in [-0.1, -0.05) is 0 Å². The molecule has 0 radical (unpaired) electrons. The van der Waals surface area contributed by atoms with E-state index in [2.05, 4.69) is 0 Å². The van der Waals surface area contributed by atoms with Crippen LogP contribution in [0.15, 0.2) is 29.2 Å². The molecule has 1 unspecified atom stereocenters. The monoisotopic (exact) mass is 284 g/mol. The first kappa shape index (κ1) is 17.8. The van der Waals surface area contributed by atoms with Gasteiger partial charge in [-0.15, -0.1) is 0 Å². The molecule has 0 aliphatic carbocycles. The maximum atomic E-state index is 10.6. The fourth-order valence-electron chi connectivity index (χ4n) is 1.08. The predicted molar refractivity (Wildman–Crippen MR) is 57.5 cm³/mol. The van der Waals surface area contributed by atoms with E-state index >= 15 is 0 Å². The second kappa shape index (κ2) is 8.11. The minimum atomic E-state index is -4.42. The van der Waals surface area contributed by atoms with Crippen LogP contribution in [0.3, 0.4) is 0 Å². The Labute approximate surface area is 128 Å². The van der Waals surface area contributed by atoms with Gasteiger partial charge >= 0.3 is 29.6 Å². The summed E-state index contributed by atoms with van der Waals surface area (Å²) in [7, 11) is -4.42. The van der Waals surface area contributed by atoms with E-state index in [9.17, 15) is 13.0 Å². The van der Waals surface area contributed by atoms with Crippen LogP contribution in [0.4, 0.5) is 0 Å². The number of aliphatic hydroxyl groups is 1. The molecule has 0 aliphatic rings. The second-order valence-corrected chi connectivity index (χ2v) is 4.62. The van der Waals surface area contributed by atoms with Crippen molar-refractivity contribution in [2.24, 2.45) is 0 Å². The summed E-state index contributed by atoms with van der Waals surface area (Å²) in [6.45, 7) is 1.90. The van der Waals surface area contributed by atoms with Crippen molar-refractivity contribution >= 4 is 10.1 Å². The van der Waals surface area contributed by atoms with Crippen LogP contribution < -0.4 is 34.3 Å². The Morgan fingerprint density at radius 3 is 2.28 bits per heavy atom. The molecule has 0 aromatic heterocycles. The molecule has 1 aromatic rings. The van der Waals surface area contributed by atoms with Gasteiger partial charge in [0.05, 0.1) is 11.5 Å². The summed E-state index contributed by atoms with van der Waals surface area (Å²) in [5.74, 6) is 0.423. The van der Waals surface area contributed by atoms with Crippen LogP contribution in [0, 0.1) is 0 Å². The molecule has 96 valence electrons. The van der Waals surface area contributed by atoms with E-state index in [1.54, 1.807) is 0 Å². The zero-order valence-corrected chi connectivity index (χ0v) is 13.0. The molecule has 18 heavy (non-hydrogen) atoms. The molecule has 1 rings (SSSR count). The van der Waals surface area contributed by atoms with Crippen molar-refractivity contribution in [1.82, 2.24) is 0 Å². The maximum absolute atomic E-state index is 10.6. The molecule has 1 N–H and O–H groups in total. The maximum Gasteiger partial charge on any atom is 1.00 e. The van der Waals surface area contributed by atoms with Gasteiger partial charge in [-0.3, -0.25) is 0 Å². The Hall–Kier alpha value is -0.150. The predicted octanol–water partition coefficient (Wildman–Crippen LogP) is -2.67. The van der Waals surface area contributed by atoms with Gasteiger partial charge in [0.15, 0.2) is 6.29 Å². The summed E-state index contributed by atoms with van der Waals surface area (Å²) in [5.41, 5.74) is 0. The first-order valence-corrected chi connectivity index (χ1v) is 6.29. The van der Waals surface area contributed by atoms with E-state index in [4.69, 9.17) is 14.6 Å². The molecule has 0 saturated heterocycles. The number of benzene rings is 1. The Kier molecular flexibility index (Phi) is 8.04. The van der Waals surface area contributed by atoms with E-state index in [-0.39, 0.29) is 47.7 Å². The zero-order chi connectivity index (χ0) is 12.9. The number of aliphatic hydroxyl groups excluding tert-OH is 1. The summed E-state index contributed by atoms with van der Waals surface area (Å²) in [6, 6.07) is 5.11. The molecule has 1 aromatic carbocycles. The summed E-state index contributed by atoms with van der Waals surface area (Å²) in [4.78, 5) is -0.301. The fraction of sp³-hybridized carbons (Fsp3) is 0.400. The van der Waals surface area contributed by atoms with Crippen LogP contribution >= 0.6 is 0 Å². The van der Waals surface area contributed by atoms with Crippen LogP contribution in [-0.4, -0.2) is 37.6 Å². The fourth-order valence-corrected chi connectivity index (χ4v) is 1.55. The minimum Gasteiger partial charge on any atom is -0.744 e.